The minimum atomic E-state index is -1.42. The largest absolute Gasteiger partial charge is 0.456 e. The molecule has 1 N–H and O–H groups in total. The average Bonchev–Trinajstić information content (AvgIpc) is 3.70. The maximum Gasteiger partial charge on any atom is 0.306 e. The summed E-state index contributed by atoms with van der Waals surface area (Å²) >= 11 is 0. The van der Waals surface area contributed by atoms with Crippen LogP contribution >= 0.6 is 0 Å². The van der Waals surface area contributed by atoms with Gasteiger partial charge in [0.15, 0.2) is 18.3 Å². The fourth-order valence-electron chi connectivity index (χ4n) is 6.67. The number of aliphatic hydroxyl groups excluding tert-OH is 1. The molecule has 3 atom stereocenters. The number of rotatable bonds is 30. The van der Waals surface area contributed by atoms with Crippen LogP contribution < -0.4 is 0 Å². The molecule has 0 unspecified atom stereocenters. The number of esters is 2. The maximum absolute atomic E-state index is 12.9. The van der Waals surface area contributed by atoms with Gasteiger partial charge in [-0.2, -0.15) is 0 Å². The molecule has 0 amide bonds. The highest BCUT2D eigenvalue weighted by atomic mass is 16.8. The van der Waals surface area contributed by atoms with E-state index in [1.165, 1.54) is 116 Å². The Hall–Kier alpha value is -1.22. The zero-order chi connectivity index (χ0) is 33.1. The number of carbonyl (C=O) groups is 2. The van der Waals surface area contributed by atoms with E-state index < -0.39 is 30.7 Å². The minimum absolute atomic E-state index is 0.0692. The number of hydrogen-bond acceptors (Lipinski definition) is 8. The van der Waals surface area contributed by atoms with Crippen molar-refractivity contribution < 1.29 is 38.4 Å². The molecule has 2 saturated heterocycles. The van der Waals surface area contributed by atoms with Gasteiger partial charge in [-0.05, 0) is 12.8 Å². The average molecular weight is 655 g/mol. The standard InChI is InChI=1S/C38H70O8/c1-3-5-7-9-11-13-14-15-16-17-18-20-22-23-25-27-34(40)45-33-31-42-37(38(32-39)43-29-30-44-38)36(33)46-35(41)28-26-24-21-19-12-10-8-6-4-2/h33,36-37,39H,3-32H2,1-2H3/t33-,36+,37-/m0/s1. The van der Waals surface area contributed by atoms with Gasteiger partial charge >= 0.3 is 11.9 Å². The Morgan fingerprint density at radius 1 is 0.587 bits per heavy atom. The molecular weight excluding hydrogens is 584 g/mol. The van der Waals surface area contributed by atoms with Crippen molar-refractivity contribution in [2.24, 2.45) is 0 Å². The van der Waals surface area contributed by atoms with Gasteiger partial charge in [0.1, 0.15) is 6.61 Å². The van der Waals surface area contributed by atoms with Crippen molar-refractivity contribution in [2.75, 3.05) is 26.4 Å². The van der Waals surface area contributed by atoms with Crippen molar-refractivity contribution in [1.82, 2.24) is 0 Å². The van der Waals surface area contributed by atoms with Crippen molar-refractivity contribution in [3.8, 4) is 0 Å². The van der Waals surface area contributed by atoms with Gasteiger partial charge in [0.05, 0.1) is 19.8 Å². The summed E-state index contributed by atoms with van der Waals surface area (Å²) in [6.07, 6.45) is 27.6. The molecule has 0 saturated carbocycles. The smallest absolute Gasteiger partial charge is 0.306 e. The summed E-state index contributed by atoms with van der Waals surface area (Å²) in [7, 11) is 0. The van der Waals surface area contributed by atoms with Crippen molar-refractivity contribution >= 4 is 11.9 Å². The third-order valence-corrected chi connectivity index (χ3v) is 9.55. The molecule has 0 radical (unpaired) electrons. The lowest BCUT2D eigenvalue weighted by molar-refractivity contribution is -0.257. The second-order valence-corrected chi connectivity index (χ2v) is 13.7. The van der Waals surface area contributed by atoms with E-state index in [0.29, 0.717) is 26.1 Å². The Morgan fingerprint density at radius 2 is 0.957 bits per heavy atom. The molecule has 2 aliphatic heterocycles. The van der Waals surface area contributed by atoms with E-state index in [1.807, 2.05) is 0 Å². The van der Waals surface area contributed by atoms with Gasteiger partial charge < -0.3 is 28.8 Å². The van der Waals surface area contributed by atoms with E-state index in [9.17, 15) is 14.7 Å². The van der Waals surface area contributed by atoms with Crippen LogP contribution in [0.2, 0.25) is 0 Å². The summed E-state index contributed by atoms with van der Waals surface area (Å²) in [5, 5.41) is 10.1. The van der Waals surface area contributed by atoms with E-state index in [4.69, 9.17) is 23.7 Å². The predicted octanol–water partition coefficient (Wildman–Crippen LogP) is 9.13. The molecule has 2 fully saturated rings. The molecule has 270 valence electrons. The first-order valence-electron chi connectivity index (χ1n) is 19.5. The van der Waals surface area contributed by atoms with Crippen LogP contribution in [0.25, 0.3) is 0 Å². The molecule has 8 heteroatoms. The van der Waals surface area contributed by atoms with Gasteiger partial charge in [-0.15, -0.1) is 0 Å². The van der Waals surface area contributed by atoms with Gasteiger partial charge in [-0.1, -0.05) is 155 Å². The number of unbranched alkanes of at least 4 members (excludes halogenated alkanes) is 22. The lowest BCUT2D eigenvalue weighted by Gasteiger charge is -2.34. The van der Waals surface area contributed by atoms with Gasteiger partial charge in [-0.3, -0.25) is 9.59 Å². The molecule has 2 rings (SSSR count). The number of ether oxygens (including phenoxy) is 5. The summed E-state index contributed by atoms with van der Waals surface area (Å²) in [6.45, 7) is 4.74. The summed E-state index contributed by atoms with van der Waals surface area (Å²) in [4.78, 5) is 25.6. The maximum atomic E-state index is 12.9. The van der Waals surface area contributed by atoms with E-state index >= 15 is 0 Å². The quantitative estimate of drug-likeness (QED) is 0.0605. The Balaban J connectivity index is 1.63. The number of hydrogen-bond donors (Lipinski definition) is 1. The van der Waals surface area contributed by atoms with Crippen LogP contribution in [-0.2, 0) is 33.3 Å². The van der Waals surface area contributed by atoms with Crippen molar-refractivity contribution in [1.29, 1.82) is 0 Å². The van der Waals surface area contributed by atoms with Gasteiger partial charge in [-0.25, -0.2) is 0 Å². The van der Waals surface area contributed by atoms with Crippen LogP contribution in [0.4, 0.5) is 0 Å². The van der Waals surface area contributed by atoms with E-state index in [-0.39, 0.29) is 18.5 Å². The monoisotopic (exact) mass is 655 g/mol. The fourth-order valence-corrected chi connectivity index (χ4v) is 6.67. The molecule has 0 bridgehead atoms. The molecule has 8 nitrogen and oxygen atoms in total. The third kappa shape index (κ3) is 17.3. The van der Waals surface area contributed by atoms with Crippen LogP contribution in [-0.4, -0.2) is 67.6 Å². The molecule has 2 heterocycles. The Morgan fingerprint density at radius 3 is 1.35 bits per heavy atom. The second-order valence-electron chi connectivity index (χ2n) is 13.7. The van der Waals surface area contributed by atoms with Crippen LogP contribution in [0.1, 0.15) is 181 Å². The Bertz CT molecular complexity index is 753. The van der Waals surface area contributed by atoms with Crippen LogP contribution in [0.3, 0.4) is 0 Å². The van der Waals surface area contributed by atoms with Crippen LogP contribution in [0.5, 0.6) is 0 Å². The number of aliphatic hydroxyl groups is 1. The van der Waals surface area contributed by atoms with Gasteiger partial charge in [0, 0.05) is 12.8 Å². The normalized spacial score (nSPS) is 20.7. The summed E-state index contributed by atoms with van der Waals surface area (Å²) in [6, 6.07) is 0. The van der Waals surface area contributed by atoms with Crippen molar-refractivity contribution in [3.63, 3.8) is 0 Å². The molecule has 0 aromatic heterocycles. The highest BCUT2D eigenvalue weighted by Gasteiger charge is 2.57. The minimum Gasteiger partial charge on any atom is -0.456 e. The second kappa shape index (κ2) is 26.7. The topological polar surface area (TPSA) is 101 Å². The summed E-state index contributed by atoms with van der Waals surface area (Å²) in [5.41, 5.74) is 0. The van der Waals surface area contributed by atoms with E-state index in [1.54, 1.807) is 0 Å². The Kier molecular flexibility index (Phi) is 23.8. The summed E-state index contributed by atoms with van der Waals surface area (Å²) in [5.74, 6) is -2.08. The van der Waals surface area contributed by atoms with E-state index in [0.717, 1.165) is 38.5 Å². The van der Waals surface area contributed by atoms with Crippen molar-refractivity contribution in [2.45, 2.75) is 205 Å². The highest BCUT2D eigenvalue weighted by Crippen LogP contribution is 2.35. The van der Waals surface area contributed by atoms with Crippen LogP contribution in [0.15, 0.2) is 0 Å². The fraction of sp³-hybridized carbons (Fsp3) is 0.947. The molecular formula is C38H70O8. The molecule has 2 aliphatic rings. The molecule has 46 heavy (non-hydrogen) atoms. The lowest BCUT2D eigenvalue weighted by atomic mass is 10.0. The Labute approximate surface area is 281 Å². The summed E-state index contributed by atoms with van der Waals surface area (Å²) < 4.78 is 29.0. The van der Waals surface area contributed by atoms with E-state index in [2.05, 4.69) is 13.8 Å². The van der Waals surface area contributed by atoms with Gasteiger partial charge in [0.2, 0.25) is 5.79 Å². The third-order valence-electron chi connectivity index (χ3n) is 9.55. The molecule has 0 aliphatic carbocycles. The van der Waals surface area contributed by atoms with Crippen molar-refractivity contribution in [3.05, 3.63) is 0 Å². The SMILES string of the molecule is CCCCCCCCCCCCCCCCCC(=O)O[C@H]1CO[C@H](C2(CO)OCCO2)[C@@H]1OC(=O)CCCCCCCCCCC. The first-order valence-corrected chi connectivity index (χ1v) is 19.5. The predicted molar refractivity (Wildman–Crippen MR) is 183 cm³/mol. The molecule has 0 spiro atoms. The zero-order valence-electron chi connectivity index (χ0n) is 29.8. The first-order chi connectivity index (χ1) is 22.6. The lowest BCUT2D eigenvalue weighted by Crippen LogP contribution is -2.54. The number of carbonyl (C=O) groups excluding carboxylic acids is 2. The molecule has 0 aromatic rings. The highest BCUT2D eigenvalue weighted by molar-refractivity contribution is 5.70. The van der Waals surface area contributed by atoms with Crippen LogP contribution in [0, 0.1) is 0 Å². The molecule has 0 aromatic carbocycles. The van der Waals surface area contributed by atoms with Gasteiger partial charge in [0.25, 0.3) is 0 Å². The zero-order valence-corrected chi connectivity index (χ0v) is 29.8. The first kappa shape index (κ1) is 41.0.